The van der Waals surface area contributed by atoms with Crippen molar-refractivity contribution >= 4 is 41.0 Å². The molecule has 9 heteroatoms. The van der Waals surface area contributed by atoms with Crippen molar-refractivity contribution in [3.05, 3.63) is 33.8 Å². The van der Waals surface area contributed by atoms with Crippen LogP contribution in [0.1, 0.15) is 37.6 Å². The number of benzene rings is 1. The maximum Gasteiger partial charge on any atom is 0.324 e. The van der Waals surface area contributed by atoms with Gasteiger partial charge in [-0.15, -0.1) is 0 Å². The lowest BCUT2D eigenvalue weighted by Gasteiger charge is -2.35. The third kappa shape index (κ3) is 6.32. The maximum atomic E-state index is 12.7. The molecule has 160 valence electrons. The normalized spacial score (nSPS) is 15.8. The Labute approximate surface area is 181 Å². The predicted octanol–water partition coefficient (Wildman–Crippen LogP) is 2.60. The average molecular weight is 444 g/mol. The van der Waals surface area contributed by atoms with Gasteiger partial charge in [0.1, 0.15) is 11.6 Å². The van der Waals surface area contributed by atoms with Gasteiger partial charge in [0.25, 0.3) is 5.91 Å². The predicted molar refractivity (Wildman–Crippen MR) is 112 cm³/mol. The van der Waals surface area contributed by atoms with Gasteiger partial charge in [0.05, 0.1) is 22.0 Å². The summed E-state index contributed by atoms with van der Waals surface area (Å²) in [6.45, 7) is 6.81. The van der Waals surface area contributed by atoms with Crippen LogP contribution in [-0.4, -0.2) is 72.5 Å². The van der Waals surface area contributed by atoms with Crippen molar-refractivity contribution in [2.45, 2.75) is 38.8 Å². The number of amides is 2. The Hall–Kier alpha value is -1.83. The van der Waals surface area contributed by atoms with Gasteiger partial charge >= 0.3 is 5.97 Å². The number of nitrogens with one attached hydrogen (secondary N) is 1. The molecule has 0 bridgehead atoms. The monoisotopic (exact) mass is 443 g/mol. The second kappa shape index (κ2) is 9.78. The summed E-state index contributed by atoms with van der Waals surface area (Å²) in [7, 11) is 1.62. The molecule has 0 aliphatic carbocycles. The van der Waals surface area contributed by atoms with E-state index in [9.17, 15) is 14.4 Å². The summed E-state index contributed by atoms with van der Waals surface area (Å²) >= 11 is 12.2. The second-order valence-corrected chi connectivity index (χ2v) is 8.66. The first-order valence-corrected chi connectivity index (χ1v) is 10.2. The highest BCUT2D eigenvalue weighted by molar-refractivity contribution is 6.39. The quantitative estimate of drug-likeness (QED) is 0.707. The van der Waals surface area contributed by atoms with E-state index < -0.39 is 17.6 Å². The average Bonchev–Trinajstić information content (AvgIpc) is 2.64. The molecule has 0 radical (unpaired) electrons. The number of piperazine rings is 1. The highest BCUT2D eigenvalue weighted by Crippen LogP contribution is 2.26. The molecular weight excluding hydrogens is 417 g/mol. The Bertz CT molecular complexity index is 751. The molecule has 0 aromatic heterocycles. The van der Waals surface area contributed by atoms with E-state index in [1.54, 1.807) is 55.8 Å². The minimum absolute atomic E-state index is 0.00426. The molecule has 1 heterocycles. The molecule has 1 N–H and O–H groups in total. The lowest BCUT2D eigenvalue weighted by molar-refractivity contribution is -0.159. The van der Waals surface area contributed by atoms with Gasteiger partial charge in [0.2, 0.25) is 5.91 Å². The fourth-order valence-corrected chi connectivity index (χ4v) is 3.56. The van der Waals surface area contributed by atoms with E-state index in [-0.39, 0.29) is 23.8 Å². The van der Waals surface area contributed by atoms with Crippen LogP contribution in [0.15, 0.2) is 18.2 Å². The Morgan fingerprint density at radius 3 is 2.07 bits per heavy atom. The van der Waals surface area contributed by atoms with Crippen molar-refractivity contribution in [1.82, 2.24) is 15.1 Å². The van der Waals surface area contributed by atoms with Gasteiger partial charge in [-0.05, 0) is 40.0 Å². The van der Waals surface area contributed by atoms with Crippen LogP contribution in [0.2, 0.25) is 10.0 Å². The molecule has 0 spiro atoms. The summed E-state index contributed by atoms with van der Waals surface area (Å²) in [5.41, 5.74) is -0.350. The molecule has 1 aliphatic heterocycles. The number of esters is 1. The van der Waals surface area contributed by atoms with Crippen LogP contribution in [0.3, 0.4) is 0 Å². The summed E-state index contributed by atoms with van der Waals surface area (Å²) in [6, 6.07) is 4.20. The number of ether oxygens (including phenoxy) is 1. The molecule has 2 amide bonds. The van der Waals surface area contributed by atoms with Crippen LogP contribution in [-0.2, 0) is 14.3 Å². The number of likely N-dealkylation sites (N-methyl/N-ethyl adjacent to an activating group) is 1. The molecule has 2 rings (SSSR count). The van der Waals surface area contributed by atoms with Gasteiger partial charge in [0.15, 0.2) is 0 Å². The molecular formula is C20H27Cl2N3O4. The lowest BCUT2D eigenvalue weighted by atomic mass is 10.1. The Balaban J connectivity index is 1.93. The van der Waals surface area contributed by atoms with Crippen molar-refractivity contribution in [3.8, 4) is 0 Å². The molecule has 0 unspecified atom stereocenters. The summed E-state index contributed by atoms with van der Waals surface area (Å²) in [5.74, 6) is -0.886. The van der Waals surface area contributed by atoms with E-state index >= 15 is 0 Å². The minimum Gasteiger partial charge on any atom is -0.459 e. The van der Waals surface area contributed by atoms with Gasteiger partial charge in [-0.2, -0.15) is 0 Å². The first-order valence-electron chi connectivity index (χ1n) is 9.44. The van der Waals surface area contributed by atoms with Crippen molar-refractivity contribution in [1.29, 1.82) is 0 Å². The van der Waals surface area contributed by atoms with Crippen molar-refractivity contribution in [2.75, 3.05) is 33.2 Å². The topological polar surface area (TPSA) is 79.0 Å². The molecule has 1 aliphatic rings. The van der Waals surface area contributed by atoms with Crippen LogP contribution in [0.25, 0.3) is 0 Å². The zero-order chi connectivity index (χ0) is 21.8. The molecule has 1 saturated heterocycles. The summed E-state index contributed by atoms with van der Waals surface area (Å²) < 4.78 is 5.35. The van der Waals surface area contributed by atoms with E-state index in [2.05, 4.69) is 5.32 Å². The maximum absolute atomic E-state index is 12.7. The van der Waals surface area contributed by atoms with E-state index in [0.29, 0.717) is 36.2 Å². The number of carbonyl (C=O) groups excluding carboxylic acids is 3. The second-order valence-electron chi connectivity index (χ2n) is 7.85. The fraction of sp³-hybridized carbons (Fsp3) is 0.550. The van der Waals surface area contributed by atoms with E-state index in [1.165, 1.54) is 0 Å². The summed E-state index contributed by atoms with van der Waals surface area (Å²) in [6.07, 6.45) is -0.00426. The van der Waals surface area contributed by atoms with Crippen LogP contribution >= 0.6 is 23.2 Å². The number of halogens is 2. The zero-order valence-corrected chi connectivity index (χ0v) is 18.6. The molecule has 1 aromatic rings. The number of carbonyl (C=O) groups is 3. The molecule has 1 fully saturated rings. The van der Waals surface area contributed by atoms with Gasteiger partial charge in [-0.25, -0.2) is 0 Å². The lowest BCUT2D eigenvalue weighted by Crippen LogP contribution is -2.52. The van der Waals surface area contributed by atoms with E-state index in [4.69, 9.17) is 27.9 Å². The SMILES string of the molecule is CN[C@@H](CC(=O)N1CCN(C(=O)c2c(Cl)cccc2Cl)CC1)C(=O)OC(C)(C)C. The molecule has 7 nitrogen and oxygen atoms in total. The fourth-order valence-electron chi connectivity index (χ4n) is 3.00. The third-order valence-corrected chi connectivity index (χ3v) is 5.14. The third-order valence-electron chi connectivity index (χ3n) is 4.51. The largest absolute Gasteiger partial charge is 0.459 e. The molecule has 29 heavy (non-hydrogen) atoms. The smallest absolute Gasteiger partial charge is 0.324 e. The first-order chi connectivity index (χ1) is 13.5. The highest BCUT2D eigenvalue weighted by atomic mass is 35.5. The minimum atomic E-state index is -0.719. The summed E-state index contributed by atoms with van der Waals surface area (Å²) in [5, 5.41) is 3.44. The van der Waals surface area contributed by atoms with Gasteiger partial charge in [0, 0.05) is 26.2 Å². The number of nitrogens with zero attached hydrogens (tertiary/aromatic N) is 2. The van der Waals surface area contributed by atoms with Gasteiger partial charge < -0.3 is 19.9 Å². The molecule has 1 aromatic carbocycles. The Morgan fingerprint density at radius 2 is 1.59 bits per heavy atom. The summed E-state index contributed by atoms with van der Waals surface area (Å²) in [4.78, 5) is 40.9. The van der Waals surface area contributed by atoms with Crippen LogP contribution in [0.5, 0.6) is 0 Å². The van der Waals surface area contributed by atoms with E-state index in [0.717, 1.165) is 0 Å². The highest BCUT2D eigenvalue weighted by Gasteiger charge is 2.31. The van der Waals surface area contributed by atoms with Crippen molar-refractivity contribution in [3.63, 3.8) is 0 Å². The standard InChI is InChI=1S/C20H27Cl2N3O4/c1-20(2,3)29-19(28)15(23-4)12-16(26)24-8-10-25(11-9-24)18(27)17-13(21)6-5-7-14(17)22/h5-7,15,23H,8-12H2,1-4H3/t15-/m0/s1. The van der Waals surface area contributed by atoms with Crippen LogP contribution in [0.4, 0.5) is 0 Å². The van der Waals surface area contributed by atoms with Crippen molar-refractivity contribution < 1.29 is 19.1 Å². The van der Waals surface area contributed by atoms with Crippen LogP contribution in [0, 0.1) is 0 Å². The first kappa shape index (κ1) is 23.4. The number of hydrogen-bond acceptors (Lipinski definition) is 5. The number of hydrogen-bond donors (Lipinski definition) is 1. The zero-order valence-electron chi connectivity index (χ0n) is 17.1. The van der Waals surface area contributed by atoms with Crippen LogP contribution < -0.4 is 5.32 Å². The van der Waals surface area contributed by atoms with Crippen molar-refractivity contribution in [2.24, 2.45) is 0 Å². The molecule has 1 atom stereocenters. The van der Waals surface area contributed by atoms with E-state index in [1.807, 2.05) is 0 Å². The Morgan fingerprint density at radius 1 is 1.07 bits per heavy atom. The number of rotatable bonds is 5. The van der Waals surface area contributed by atoms with Gasteiger partial charge in [-0.1, -0.05) is 29.3 Å². The Kier molecular flexibility index (Phi) is 7.91. The molecule has 0 saturated carbocycles. The van der Waals surface area contributed by atoms with Gasteiger partial charge in [-0.3, -0.25) is 14.4 Å².